The maximum atomic E-state index is 12.6. The SMILES string of the molecule is CC(C)C(NC(=O)N(C)CC1(O)CCCC1)c1nc2ccccc2[nH]1. The molecule has 3 rings (SSSR count). The van der Waals surface area contributed by atoms with Crippen LogP contribution in [0, 0.1) is 5.92 Å². The fourth-order valence-electron chi connectivity index (χ4n) is 3.62. The Hall–Kier alpha value is -2.08. The second-order valence-electron chi connectivity index (χ2n) is 7.60. The predicted molar refractivity (Wildman–Crippen MR) is 98.3 cm³/mol. The van der Waals surface area contributed by atoms with Gasteiger partial charge in [-0.05, 0) is 30.9 Å². The molecule has 0 radical (unpaired) electrons. The van der Waals surface area contributed by atoms with E-state index in [2.05, 4.69) is 29.1 Å². The standard InChI is InChI=1S/C19H28N4O2/c1-13(2)16(17-20-14-8-4-5-9-15(14)21-17)22-18(24)23(3)12-19(25)10-6-7-11-19/h4-5,8-9,13,16,25H,6-7,10-12H2,1-3H3,(H,20,21)(H,22,24). The number of nitrogens with zero attached hydrogens (tertiary/aromatic N) is 2. The highest BCUT2D eigenvalue weighted by Crippen LogP contribution is 2.30. The molecule has 2 amide bonds. The van der Waals surface area contributed by atoms with Crippen molar-refractivity contribution in [2.75, 3.05) is 13.6 Å². The average molecular weight is 344 g/mol. The van der Waals surface area contributed by atoms with Crippen LogP contribution in [0.1, 0.15) is 51.4 Å². The van der Waals surface area contributed by atoms with E-state index in [1.54, 1.807) is 11.9 Å². The van der Waals surface area contributed by atoms with Gasteiger partial charge >= 0.3 is 6.03 Å². The number of aromatic nitrogens is 2. The summed E-state index contributed by atoms with van der Waals surface area (Å²) in [5.74, 6) is 0.949. The van der Waals surface area contributed by atoms with E-state index in [0.29, 0.717) is 6.54 Å². The number of carbonyl (C=O) groups is 1. The van der Waals surface area contributed by atoms with Gasteiger partial charge in [-0.1, -0.05) is 38.8 Å². The van der Waals surface area contributed by atoms with Crippen LogP contribution < -0.4 is 5.32 Å². The second kappa shape index (κ2) is 7.04. The van der Waals surface area contributed by atoms with Gasteiger partial charge in [0.05, 0.1) is 29.2 Å². The van der Waals surface area contributed by atoms with E-state index in [4.69, 9.17) is 0 Å². The summed E-state index contributed by atoms with van der Waals surface area (Å²) in [7, 11) is 1.74. The van der Waals surface area contributed by atoms with E-state index in [0.717, 1.165) is 42.5 Å². The zero-order chi connectivity index (χ0) is 18.0. The molecule has 1 aromatic heterocycles. The number of aliphatic hydroxyl groups is 1. The van der Waals surface area contributed by atoms with Crippen LogP contribution in [-0.4, -0.2) is 45.2 Å². The lowest BCUT2D eigenvalue weighted by molar-refractivity contribution is 0.0242. The van der Waals surface area contributed by atoms with E-state index in [-0.39, 0.29) is 18.0 Å². The molecule has 0 saturated heterocycles. The summed E-state index contributed by atoms with van der Waals surface area (Å²) in [6.07, 6.45) is 3.59. The Morgan fingerprint density at radius 1 is 1.36 bits per heavy atom. The van der Waals surface area contributed by atoms with Crippen LogP contribution in [0.25, 0.3) is 11.0 Å². The molecule has 2 aromatic rings. The smallest absolute Gasteiger partial charge is 0.317 e. The first-order valence-corrected chi connectivity index (χ1v) is 9.07. The zero-order valence-corrected chi connectivity index (χ0v) is 15.2. The Balaban J connectivity index is 1.71. The minimum Gasteiger partial charge on any atom is -0.388 e. The maximum absolute atomic E-state index is 12.6. The highest BCUT2D eigenvalue weighted by molar-refractivity contribution is 5.76. The Labute approximate surface area is 148 Å². The van der Waals surface area contributed by atoms with Crippen molar-refractivity contribution in [1.29, 1.82) is 0 Å². The normalized spacial score (nSPS) is 17.8. The molecule has 1 heterocycles. The highest BCUT2D eigenvalue weighted by Gasteiger charge is 2.34. The summed E-state index contributed by atoms with van der Waals surface area (Å²) >= 11 is 0. The molecule has 1 aromatic carbocycles. The first-order valence-electron chi connectivity index (χ1n) is 9.07. The lowest BCUT2D eigenvalue weighted by atomic mass is 10.0. The molecule has 136 valence electrons. The Kier molecular flexibility index (Phi) is 4.99. The first kappa shape index (κ1) is 17.7. The molecule has 1 unspecified atom stereocenters. The van der Waals surface area contributed by atoms with Crippen molar-refractivity contribution < 1.29 is 9.90 Å². The van der Waals surface area contributed by atoms with E-state index in [1.165, 1.54) is 0 Å². The highest BCUT2D eigenvalue weighted by atomic mass is 16.3. The monoisotopic (exact) mass is 344 g/mol. The fourth-order valence-corrected chi connectivity index (χ4v) is 3.62. The van der Waals surface area contributed by atoms with Crippen LogP contribution >= 0.6 is 0 Å². The number of benzene rings is 1. The quantitative estimate of drug-likeness (QED) is 0.779. The Morgan fingerprint density at radius 3 is 2.68 bits per heavy atom. The molecule has 25 heavy (non-hydrogen) atoms. The topological polar surface area (TPSA) is 81.2 Å². The van der Waals surface area contributed by atoms with Crippen LogP contribution in [0.2, 0.25) is 0 Å². The zero-order valence-electron chi connectivity index (χ0n) is 15.2. The molecule has 1 atom stereocenters. The predicted octanol–water partition coefficient (Wildman–Crippen LogP) is 3.21. The first-order chi connectivity index (χ1) is 11.9. The number of nitrogens with one attached hydrogen (secondary N) is 2. The van der Waals surface area contributed by atoms with E-state index < -0.39 is 5.60 Å². The van der Waals surface area contributed by atoms with Crippen molar-refractivity contribution >= 4 is 17.1 Å². The van der Waals surface area contributed by atoms with Crippen molar-refractivity contribution in [3.05, 3.63) is 30.1 Å². The number of carbonyl (C=O) groups excluding carboxylic acids is 1. The number of para-hydroxylation sites is 2. The Morgan fingerprint density at radius 2 is 2.04 bits per heavy atom. The van der Waals surface area contributed by atoms with Crippen molar-refractivity contribution in [3.8, 4) is 0 Å². The number of hydrogen-bond acceptors (Lipinski definition) is 3. The van der Waals surface area contributed by atoms with Crippen LogP contribution in [0.4, 0.5) is 4.79 Å². The number of fused-ring (bicyclic) bond motifs is 1. The molecule has 0 spiro atoms. The van der Waals surface area contributed by atoms with Gasteiger partial charge in [-0.2, -0.15) is 0 Å². The number of urea groups is 1. The van der Waals surface area contributed by atoms with E-state index >= 15 is 0 Å². The van der Waals surface area contributed by atoms with Crippen molar-refractivity contribution in [3.63, 3.8) is 0 Å². The molecule has 1 aliphatic rings. The molecule has 6 heteroatoms. The lowest BCUT2D eigenvalue weighted by Gasteiger charge is -2.30. The maximum Gasteiger partial charge on any atom is 0.317 e. The van der Waals surface area contributed by atoms with Gasteiger partial charge in [0.15, 0.2) is 0 Å². The fraction of sp³-hybridized carbons (Fsp3) is 0.579. The molecule has 1 aliphatic carbocycles. The summed E-state index contributed by atoms with van der Waals surface area (Å²) in [6.45, 7) is 4.48. The number of aromatic amines is 1. The number of hydrogen-bond donors (Lipinski definition) is 3. The van der Waals surface area contributed by atoms with Crippen LogP contribution in [0.3, 0.4) is 0 Å². The molecule has 3 N–H and O–H groups in total. The third kappa shape index (κ3) is 3.95. The molecule has 0 aliphatic heterocycles. The minimum atomic E-state index is -0.737. The summed E-state index contributed by atoms with van der Waals surface area (Å²) in [5, 5.41) is 13.6. The molecule has 1 fully saturated rings. The number of H-pyrrole nitrogens is 1. The lowest BCUT2D eigenvalue weighted by Crippen LogP contribution is -2.47. The summed E-state index contributed by atoms with van der Waals surface area (Å²) in [6, 6.07) is 7.46. The summed E-state index contributed by atoms with van der Waals surface area (Å²) in [5.41, 5.74) is 1.12. The number of rotatable bonds is 5. The van der Waals surface area contributed by atoms with Crippen molar-refractivity contribution in [2.24, 2.45) is 5.92 Å². The van der Waals surface area contributed by atoms with Crippen molar-refractivity contribution in [2.45, 2.75) is 51.2 Å². The van der Waals surface area contributed by atoms with Gasteiger partial charge in [-0.25, -0.2) is 9.78 Å². The summed E-state index contributed by atoms with van der Waals surface area (Å²) in [4.78, 5) is 22.2. The molecule has 6 nitrogen and oxygen atoms in total. The van der Waals surface area contributed by atoms with Gasteiger partial charge in [-0.15, -0.1) is 0 Å². The van der Waals surface area contributed by atoms with Gasteiger partial charge in [-0.3, -0.25) is 0 Å². The molecule has 0 bridgehead atoms. The van der Waals surface area contributed by atoms with Gasteiger partial charge in [0, 0.05) is 7.05 Å². The van der Waals surface area contributed by atoms with E-state index in [1.807, 2.05) is 24.3 Å². The number of amides is 2. The van der Waals surface area contributed by atoms with Gasteiger partial charge in [0.1, 0.15) is 5.82 Å². The molecular weight excluding hydrogens is 316 g/mol. The van der Waals surface area contributed by atoms with Crippen molar-refractivity contribution in [1.82, 2.24) is 20.2 Å². The Bertz CT molecular complexity index is 701. The number of imidazole rings is 1. The molecular formula is C19H28N4O2. The van der Waals surface area contributed by atoms with Gasteiger partial charge in [0.2, 0.25) is 0 Å². The summed E-state index contributed by atoms with van der Waals surface area (Å²) < 4.78 is 0. The molecule has 1 saturated carbocycles. The minimum absolute atomic E-state index is 0.181. The van der Waals surface area contributed by atoms with Gasteiger partial charge < -0.3 is 20.3 Å². The van der Waals surface area contributed by atoms with E-state index in [9.17, 15) is 9.90 Å². The third-order valence-corrected chi connectivity index (χ3v) is 5.06. The van der Waals surface area contributed by atoms with Crippen LogP contribution in [0.5, 0.6) is 0 Å². The largest absolute Gasteiger partial charge is 0.388 e. The van der Waals surface area contributed by atoms with Gasteiger partial charge in [0.25, 0.3) is 0 Å². The second-order valence-corrected chi connectivity index (χ2v) is 7.60. The average Bonchev–Trinajstić information content (AvgIpc) is 3.17. The van der Waals surface area contributed by atoms with Crippen LogP contribution in [0.15, 0.2) is 24.3 Å². The third-order valence-electron chi connectivity index (χ3n) is 5.06. The number of likely N-dealkylation sites (N-methyl/N-ethyl adjacent to an activating group) is 1. The van der Waals surface area contributed by atoms with Crippen LogP contribution in [-0.2, 0) is 0 Å².